The Morgan fingerprint density at radius 2 is 1.94 bits per heavy atom. The summed E-state index contributed by atoms with van der Waals surface area (Å²) in [5, 5.41) is 22.1. The van der Waals surface area contributed by atoms with E-state index in [1.54, 1.807) is 42.7 Å². The SMILES string of the molecule is O=C1C(=O)N(Cc2cccnc2)C(c2ccccn2)/C1=C(/O)c1cccc([N+](=O)[O-])c1. The van der Waals surface area contributed by atoms with E-state index in [4.69, 9.17) is 0 Å². The molecule has 1 unspecified atom stereocenters. The molecule has 1 atom stereocenters. The lowest BCUT2D eigenvalue weighted by Gasteiger charge is -2.24. The molecule has 0 radical (unpaired) electrons. The minimum Gasteiger partial charge on any atom is -0.507 e. The number of nitro benzene ring substituents is 1. The van der Waals surface area contributed by atoms with Gasteiger partial charge in [0.15, 0.2) is 0 Å². The largest absolute Gasteiger partial charge is 0.507 e. The van der Waals surface area contributed by atoms with Gasteiger partial charge in [-0.05, 0) is 23.8 Å². The van der Waals surface area contributed by atoms with Crippen molar-refractivity contribution < 1.29 is 19.6 Å². The lowest BCUT2D eigenvalue weighted by molar-refractivity contribution is -0.384. The fourth-order valence-corrected chi connectivity index (χ4v) is 3.50. The van der Waals surface area contributed by atoms with E-state index >= 15 is 0 Å². The lowest BCUT2D eigenvalue weighted by Crippen LogP contribution is -2.29. The molecular weight excluding hydrogens is 400 g/mol. The Hall–Kier alpha value is -4.40. The second kappa shape index (κ2) is 8.15. The molecule has 1 N–H and O–H groups in total. The molecule has 31 heavy (non-hydrogen) atoms. The number of ketones is 1. The summed E-state index contributed by atoms with van der Waals surface area (Å²) in [6.45, 7) is 0.0748. The average molecular weight is 416 g/mol. The van der Waals surface area contributed by atoms with Crippen LogP contribution in [0.15, 0.2) is 78.8 Å². The number of aliphatic hydroxyl groups excluding tert-OH is 1. The van der Waals surface area contributed by atoms with Gasteiger partial charge in [-0.2, -0.15) is 0 Å². The van der Waals surface area contributed by atoms with Gasteiger partial charge in [-0.3, -0.25) is 29.7 Å². The van der Waals surface area contributed by atoms with Gasteiger partial charge in [-0.25, -0.2) is 0 Å². The second-order valence-electron chi connectivity index (χ2n) is 6.85. The van der Waals surface area contributed by atoms with Gasteiger partial charge in [0.25, 0.3) is 17.4 Å². The molecule has 0 saturated carbocycles. The summed E-state index contributed by atoms with van der Waals surface area (Å²) in [6, 6.07) is 12.8. The molecule has 3 heterocycles. The van der Waals surface area contributed by atoms with Gasteiger partial charge in [0, 0.05) is 42.8 Å². The molecule has 9 nitrogen and oxygen atoms in total. The van der Waals surface area contributed by atoms with E-state index in [1.807, 2.05) is 0 Å². The molecule has 3 aromatic rings. The summed E-state index contributed by atoms with van der Waals surface area (Å²) in [5.74, 6) is -2.18. The molecule has 1 amide bonds. The van der Waals surface area contributed by atoms with Gasteiger partial charge in [-0.1, -0.05) is 24.3 Å². The third kappa shape index (κ3) is 3.76. The molecule has 1 aliphatic rings. The van der Waals surface area contributed by atoms with E-state index in [0.717, 1.165) is 6.07 Å². The minimum atomic E-state index is -0.958. The number of Topliss-reactive ketones (excluding diaryl/α,β-unsaturated/α-hetero) is 1. The van der Waals surface area contributed by atoms with Crippen LogP contribution in [0.2, 0.25) is 0 Å². The third-order valence-corrected chi connectivity index (χ3v) is 4.91. The van der Waals surface area contributed by atoms with Crippen molar-refractivity contribution in [2.45, 2.75) is 12.6 Å². The number of carbonyl (C=O) groups is 2. The Bertz CT molecular complexity index is 1190. The van der Waals surface area contributed by atoms with Gasteiger partial charge in [0.2, 0.25) is 0 Å². The van der Waals surface area contributed by atoms with Crippen molar-refractivity contribution >= 4 is 23.1 Å². The van der Waals surface area contributed by atoms with E-state index in [-0.39, 0.29) is 23.4 Å². The maximum absolute atomic E-state index is 12.9. The lowest BCUT2D eigenvalue weighted by atomic mass is 9.98. The average Bonchev–Trinajstić information content (AvgIpc) is 3.05. The van der Waals surface area contributed by atoms with Crippen LogP contribution in [-0.4, -0.2) is 36.6 Å². The summed E-state index contributed by atoms with van der Waals surface area (Å²) in [4.78, 5) is 46.0. The summed E-state index contributed by atoms with van der Waals surface area (Å²) in [5.41, 5.74) is 0.726. The van der Waals surface area contributed by atoms with E-state index in [2.05, 4.69) is 9.97 Å². The number of hydrogen-bond acceptors (Lipinski definition) is 7. The standard InChI is InChI=1S/C22H16N4O5/c27-20(15-6-3-7-16(11-15)26(30)31)18-19(17-8-1-2-10-24-17)25(22(29)21(18)28)13-14-5-4-9-23-12-14/h1-12,19,27H,13H2/b20-18-. The number of pyridine rings is 2. The number of likely N-dealkylation sites (tertiary alicyclic amines) is 1. The van der Waals surface area contributed by atoms with Crippen molar-refractivity contribution in [1.82, 2.24) is 14.9 Å². The first kappa shape index (κ1) is 19.9. The highest BCUT2D eigenvalue weighted by atomic mass is 16.6. The van der Waals surface area contributed by atoms with Crippen LogP contribution in [0.4, 0.5) is 5.69 Å². The molecule has 1 saturated heterocycles. The molecule has 2 aromatic heterocycles. The number of rotatable bonds is 5. The zero-order chi connectivity index (χ0) is 22.0. The summed E-state index contributed by atoms with van der Waals surface area (Å²) >= 11 is 0. The number of carbonyl (C=O) groups excluding carboxylic acids is 2. The van der Waals surface area contributed by atoms with Crippen LogP contribution < -0.4 is 0 Å². The summed E-state index contributed by atoms with van der Waals surface area (Å²) in [7, 11) is 0. The topological polar surface area (TPSA) is 127 Å². The molecule has 0 spiro atoms. The van der Waals surface area contributed by atoms with E-state index in [9.17, 15) is 24.8 Å². The predicted molar refractivity (Wildman–Crippen MR) is 109 cm³/mol. The molecule has 1 aliphatic heterocycles. The van der Waals surface area contributed by atoms with Gasteiger partial charge >= 0.3 is 0 Å². The number of aromatic nitrogens is 2. The zero-order valence-corrected chi connectivity index (χ0v) is 16.1. The first-order chi connectivity index (χ1) is 15.0. The third-order valence-electron chi connectivity index (χ3n) is 4.91. The molecular formula is C22H16N4O5. The number of hydrogen-bond donors (Lipinski definition) is 1. The van der Waals surface area contributed by atoms with Crippen molar-refractivity contribution in [2.75, 3.05) is 0 Å². The highest BCUT2D eigenvalue weighted by Crippen LogP contribution is 2.39. The number of nitro groups is 1. The molecule has 154 valence electrons. The van der Waals surface area contributed by atoms with E-state index < -0.39 is 28.4 Å². The maximum atomic E-state index is 12.9. The fourth-order valence-electron chi connectivity index (χ4n) is 3.50. The Balaban J connectivity index is 1.86. The summed E-state index contributed by atoms with van der Waals surface area (Å²) < 4.78 is 0. The van der Waals surface area contributed by atoms with Gasteiger partial charge in [-0.15, -0.1) is 0 Å². The van der Waals surface area contributed by atoms with Crippen LogP contribution in [0.5, 0.6) is 0 Å². The van der Waals surface area contributed by atoms with E-state index in [0.29, 0.717) is 11.3 Å². The van der Waals surface area contributed by atoms with Crippen LogP contribution in [0.3, 0.4) is 0 Å². The molecule has 9 heteroatoms. The van der Waals surface area contributed by atoms with E-state index in [1.165, 1.54) is 29.3 Å². The normalized spacial score (nSPS) is 17.7. The summed E-state index contributed by atoms with van der Waals surface area (Å²) in [6.07, 6.45) is 4.69. The second-order valence-corrected chi connectivity index (χ2v) is 6.85. The number of nitrogens with zero attached hydrogens (tertiary/aromatic N) is 4. The van der Waals surface area contributed by atoms with Crippen molar-refractivity contribution in [1.29, 1.82) is 0 Å². The number of aliphatic hydroxyl groups is 1. The monoisotopic (exact) mass is 416 g/mol. The molecule has 0 aliphatic carbocycles. The quantitative estimate of drug-likeness (QED) is 0.223. The van der Waals surface area contributed by atoms with Crippen LogP contribution in [0, 0.1) is 10.1 Å². The predicted octanol–water partition coefficient (Wildman–Crippen LogP) is 3.01. The Morgan fingerprint density at radius 1 is 1.10 bits per heavy atom. The fraction of sp³-hybridized carbons (Fsp3) is 0.0909. The van der Waals surface area contributed by atoms with Crippen molar-refractivity contribution in [3.05, 3.63) is 106 Å². The Kier molecular flexibility index (Phi) is 5.23. The zero-order valence-electron chi connectivity index (χ0n) is 16.1. The molecule has 0 bridgehead atoms. The van der Waals surface area contributed by atoms with Gasteiger partial charge in [0.1, 0.15) is 11.8 Å². The number of amides is 1. The Morgan fingerprint density at radius 3 is 2.61 bits per heavy atom. The van der Waals surface area contributed by atoms with Crippen LogP contribution in [0.25, 0.3) is 5.76 Å². The van der Waals surface area contributed by atoms with Gasteiger partial charge in [0.05, 0.1) is 16.2 Å². The van der Waals surface area contributed by atoms with Crippen molar-refractivity contribution in [2.24, 2.45) is 0 Å². The molecule has 1 aromatic carbocycles. The van der Waals surface area contributed by atoms with Crippen LogP contribution in [-0.2, 0) is 16.1 Å². The maximum Gasteiger partial charge on any atom is 0.296 e. The number of benzene rings is 1. The highest BCUT2D eigenvalue weighted by Gasteiger charge is 2.46. The van der Waals surface area contributed by atoms with Crippen molar-refractivity contribution in [3.8, 4) is 0 Å². The first-order valence-corrected chi connectivity index (χ1v) is 9.30. The van der Waals surface area contributed by atoms with Crippen molar-refractivity contribution in [3.63, 3.8) is 0 Å². The van der Waals surface area contributed by atoms with Gasteiger partial charge < -0.3 is 10.0 Å². The minimum absolute atomic E-state index is 0.0644. The molecule has 4 rings (SSSR count). The Labute approximate surface area is 176 Å². The van der Waals surface area contributed by atoms with Crippen LogP contribution in [0.1, 0.15) is 22.9 Å². The smallest absolute Gasteiger partial charge is 0.296 e. The molecule has 1 fully saturated rings. The first-order valence-electron chi connectivity index (χ1n) is 9.30. The van der Waals surface area contributed by atoms with Crippen LogP contribution >= 0.6 is 0 Å². The number of non-ortho nitro benzene ring substituents is 1. The highest BCUT2D eigenvalue weighted by molar-refractivity contribution is 6.46.